The summed E-state index contributed by atoms with van der Waals surface area (Å²) in [5.41, 5.74) is 1.34. The van der Waals surface area contributed by atoms with E-state index in [4.69, 9.17) is 11.6 Å². The molecule has 0 N–H and O–H groups in total. The van der Waals surface area contributed by atoms with E-state index in [0.717, 1.165) is 23.5 Å². The van der Waals surface area contributed by atoms with E-state index < -0.39 is 0 Å². The van der Waals surface area contributed by atoms with Crippen LogP contribution < -0.4 is 0 Å². The van der Waals surface area contributed by atoms with Crippen molar-refractivity contribution in [2.45, 2.75) is 45.2 Å². The maximum atomic E-state index is 6.07. The van der Waals surface area contributed by atoms with Crippen molar-refractivity contribution in [2.75, 3.05) is 26.2 Å². The van der Waals surface area contributed by atoms with Crippen LogP contribution in [0.25, 0.3) is 0 Å². The predicted octanol–water partition coefficient (Wildman–Crippen LogP) is 4.04. The second kappa shape index (κ2) is 7.13. The third-order valence-corrected chi connectivity index (χ3v) is 5.44. The van der Waals surface area contributed by atoms with Crippen LogP contribution in [-0.4, -0.2) is 42.0 Å². The number of halogens is 1. The van der Waals surface area contributed by atoms with Crippen LogP contribution in [0.4, 0.5) is 0 Å². The molecule has 0 spiro atoms. The Hall–Kier alpha value is -0.570. The van der Waals surface area contributed by atoms with Gasteiger partial charge >= 0.3 is 0 Å². The minimum atomic E-state index is 0.850. The molecule has 1 aliphatic carbocycles. The summed E-state index contributed by atoms with van der Waals surface area (Å²) < 4.78 is 0. The molecule has 21 heavy (non-hydrogen) atoms. The first-order valence-corrected chi connectivity index (χ1v) is 8.79. The normalized spacial score (nSPS) is 28.7. The molecule has 1 aliphatic heterocycles. The van der Waals surface area contributed by atoms with Crippen molar-refractivity contribution in [3.8, 4) is 0 Å². The molecule has 1 saturated heterocycles. The molecule has 3 rings (SSSR count). The van der Waals surface area contributed by atoms with Crippen LogP contribution in [0.1, 0.15) is 38.2 Å². The lowest BCUT2D eigenvalue weighted by Gasteiger charge is -2.41. The Morgan fingerprint density at radius 3 is 2.43 bits per heavy atom. The molecular formula is C18H27ClN2. The number of hydrogen-bond donors (Lipinski definition) is 0. The third-order valence-electron chi connectivity index (χ3n) is 5.20. The third kappa shape index (κ3) is 4.21. The molecular weight excluding hydrogens is 280 g/mol. The van der Waals surface area contributed by atoms with Crippen molar-refractivity contribution < 1.29 is 0 Å². The number of rotatable bonds is 3. The Morgan fingerprint density at radius 2 is 1.76 bits per heavy atom. The van der Waals surface area contributed by atoms with Gasteiger partial charge in [0, 0.05) is 43.8 Å². The van der Waals surface area contributed by atoms with E-state index in [0.29, 0.717) is 0 Å². The SMILES string of the molecule is CC1CCC(N2CCN(Cc3cccc(Cl)c3)CC2)CC1. The maximum absolute atomic E-state index is 6.07. The molecule has 0 atom stereocenters. The summed E-state index contributed by atoms with van der Waals surface area (Å²) in [7, 11) is 0. The highest BCUT2D eigenvalue weighted by molar-refractivity contribution is 6.30. The Bertz CT molecular complexity index is 446. The van der Waals surface area contributed by atoms with Gasteiger partial charge in [-0.1, -0.05) is 30.7 Å². The van der Waals surface area contributed by atoms with Gasteiger partial charge in [0.1, 0.15) is 0 Å². The van der Waals surface area contributed by atoms with Crippen LogP contribution in [0.2, 0.25) is 5.02 Å². The minimum Gasteiger partial charge on any atom is -0.298 e. The van der Waals surface area contributed by atoms with Gasteiger partial charge in [-0.15, -0.1) is 0 Å². The zero-order valence-corrected chi connectivity index (χ0v) is 13.9. The number of piperazine rings is 1. The Kier molecular flexibility index (Phi) is 5.20. The average Bonchev–Trinajstić information content (AvgIpc) is 2.49. The van der Waals surface area contributed by atoms with Gasteiger partial charge in [-0.2, -0.15) is 0 Å². The highest BCUT2D eigenvalue weighted by atomic mass is 35.5. The van der Waals surface area contributed by atoms with Crippen molar-refractivity contribution in [1.29, 1.82) is 0 Å². The van der Waals surface area contributed by atoms with Crippen LogP contribution in [0.5, 0.6) is 0 Å². The highest BCUT2D eigenvalue weighted by Crippen LogP contribution is 2.27. The monoisotopic (exact) mass is 306 g/mol. The van der Waals surface area contributed by atoms with Crippen LogP contribution in [-0.2, 0) is 6.54 Å². The predicted molar refractivity (Wildman–Crippen MR) is 89.7 cm³/mol. The number of nitrogens with zero attached hydrogens (tertiary/aromatic N) is 2. The van der Waals surface area contributed by atoms with E-state index in [9.17, 15) is 0 Å². The Balaban J connectivity index is 1.47. The quantitative estimate of drug-likeness (QED) is 0.831. The molecule has 1 heterocycles. The van der Waals surface area contributed by atoms with Gasteiger partial charge in [0.05, 0.1) is 0 Å². The summed E-state index contributed by atoms with van der Waals surface area (Å²) in [6.07, 6.45) is 5.67. The van der Waals surface area contributed by atoms with Gasteiger partial charge in [0.15, 0.2) is 0 Å². The zero-order chi connectivity index (χ0) is 14.7. The zero-order valence-electron chi connectivity index (χ0n) is 13.1. The first-order chi connectivity index (χ1) is 10.2. The van der Waals surface area contributed by atoms with Crippen LogP contribution in [0, 0.1) is 5.92 Å². The smallest absolute Gasteiger partial charge is 0.0409 e. The fourth-order valence-corrected chi connectivity index (χ4v) is 4.00. The standard InChI is InChI=1S/C18H27ClN2/c1-15-5-7-18(8-6-15)21-11-9-20(10-12-21)14-16-3-2-4-17(19)13-16/h2-4,13,15,18H,5-12,14H2,1H3. The molecule has 0 amide bonds. The van der Waals surface area contributed by atoms with Gasteiger partial charge in [0.25, 0.3) is 0 Å². The summed E-state index contributed by atoms with van der Waals surface area (Å²) in [5.74, 6) is 0.949. The van der Waals surface area contributed by atoms with Gasteiger partial charge in [-0.25, -0.2) is 0 Å². The fraction of sp³-hybridized carbons (Fsp3) is 0.667. The van der Waals surface area contributed by atoms with E-state index in [-0.39, 0.29) is 0 Å². The molecule has 0 unspecified atom stereocenters. The first kappa shape index (κ1) is 15.3. The van der Waals surface area contributed by atoms with Crippen LogP contribution >= 0.6 is 11.6 Å². The van der Waals surface area contributed by atoms with Crippen molar-refractivity contribution in [3.63, 3.8) is 0 Å². The van der Waals surface area contributed by atoms with E-state index in [1.807, 2.05) is 6.07 Å². The highest BCUT2D eigenvalue weighted by Gasteiger charge is 2.26. The minimum absolute atomic E-state index is 0.850. The molecule has 1 aromatic carbocycles. The largest absolute Gasteiger partial charge is 0.298 e. The second-order valence-corrected chi connectivity index (χ2v) is 7.29. The molecule has 0 bridgehead atoms. The van der Waals surface area contributed by atoms with Gasteiger partial charge in [-0.05, 0) is 49.3 Å². The summed E-state index contributed by atoms with van der Waals surface area (Å²) >= 11 is 6.07. The summed E-state index contributed by atoms with van der Waals surface area (Å²) in [6.45, 7) is 8.30. The summed E-state index contributed by atoms with van der Waals surface area (Å²) in [5, 5.41) is 0.850. The van der Waals surface area contributed by atoms with E-state index in [1.54, 1.807) is 0 Å². The van der Waals surface area contributed by atoms with Gasteiger partial charge in [0.2, 0.25) is 0 Å². The van der Waals surface area contributed by atoms with Crippen molar-refractivity contribution in [1.82, 2.24) is 9.80 Å². The fourth-order valence-electron chi connectivity index (χ4n) is 3.79. The van der Waals surface area contributed by atoms with E-state index in [1.165, 1.54) is 57.4 Å². The van der Waals surface area contributed by atoms with Crippen molar-refractivity contribution >= 4 is 11.6 Å². The van der Waals surface area contributed by atoms with E-state index in [2.05, 4.69) is 34.9 Å². The summed E-state index contributed by atoms with van der Waals surface area (Å²) in [4.78, 5) is 5.30. The number of hydrogen-bond acceptors (Lipinski definition) is 2. The molecule has 2 fully saturated rings. The Morgan fingerprint density at radius 1 is 1.05 bits per heavy atom. The Labute approximate surface area is 134 Å². The average molecular weight is 307 g/mol. The molecule has 116 valence electrons. The molecule has 2 nitrogen and oxygen atoms in total. The number of benzene rings is 1. The molecule has 2 aliphatic rings. The maximum Gasteiger partial charge on any atom is 0.0409 e. The van der Waals surface area contributed by atoms with Crippen molar-refractivity contribution in [3.05, 3.63) is 34.9 Å². The molecule has 0 radical (unpaired) electrons. The van der Waals surface area contributed by atoms with Crippen LogP contribution in [0.15, 0.2) is 24.3 Å². The molecule has 1 saturated carbocycles. The lowest BCUT2D eigenvalue weighted by molar-refractivity contribution is 0.0689. The molecule has 3 heteroatoms. The van der Waals surface area contributed by atoms with Gasteiger partial charge < -0.3 is 0 Å². The van der Waals surface area contributed by atoms with Crippen LogP contribution in [0.3, 0.4) is 0 Å². The lowest BCUT2D eigenvalue weighted by Crippen LogP contribution is -2.50. The summed E-state index contributed by atoms with van der Waals surface area (Å²) in [6, 6.07) is 9.14. The van der Waals surface area contributed by atoms with Crippen molar-refractivity contribution in [2.24, 2.45) is 5.92 Å². The molecule has 1 aromatic rings. The van der Waals surface area contributed by atoms with E-state index >= 15 is 0 Å². The second-order valence-electron chi connectivity index (χ2n) is 6.86. The lowest BCUT2D eigenvalue weighted by atomic mass is 9.86. The molecule has 0 aromatic heterocycles. The first-order valence-electron chi connectivity index (χ1n) is 8.41. The topological polar surface area (TPSA) is 6.48 Å². The van der Waals surface area contributed by atoms with Gasteiger partial charge in [-0.3, -0.25) is 9.80 Å².